The minimum atomic E-state index is -1.06. The Bertz CT molecular complexity index is 439. The van der Waals surface area contributed by atoms with Crippen LogP contribution in [0.4, 0.5) is 0 Å². The summed E-state index contributed by atoms with van der Waals surface area (Å²) in [5.74, 6) is -2.48. The molecule has 0 spiro atoms. The van der Waals surface area contributed by atoms with Crippen molar-refractivity contribution >= 4 is 17.8 Å². The van der Waals surface area contributed by atoms with E-state index >= 15 is 0 Å². The second-order valence-electron chi connectivity index (χ2n) is 7.83. The Balaban J connectivity index is 5.05. The number of carboxylic acid groups (broad SMARTS) is 1. The van der Waals surface area contributed by atoms with Gasteiger partial charge in [0, 0.05) is 5.92 Å². The number of amides is 1. The zero-order valence-electron chi connectivity index (χ0n) is 16.0. The maximum atomic E-state index is 12.5. The molecule has 0 fully saturated rings. The fourth-order valence-corrected chi connectivity index (χ4v) is 2.39. The van der Waals surface area contributed by atoms with E-state index in [0.29, 0.717) is 12.8 Å². The van der Waals surface area contributed by atoms with Crippen LogP contribution in [-0.2, 0) is 19.1 Å². The van der Waals surface area contributed by atoms with Gasteiger partial charge < -0.3 is 15.2 Å². The van der Waals surface area contributed by atoms with Crippen molar-refractivity contribution in [2.24, 2.45) is 17.8 Å². The molecule has 140 valence electrons. The Hall–Kier alpha value is -1.59. The molecule has 3 atom stereocenters. The molecule has 6 heteroatoms. The van der Waals surface area contributed by atoms with Gasteiger partial charge in [0.05, 0.1) is 6.42 Å². The lowest BCUT2D eigenvalue weighted by Crippen LogP contribution is -2.47. The second-order valence-corrected chi connectivity index (χ2v) is 7.83. The number of nitrogens with one attached hydrogen (secondary N) is 1. The first-order valence-corrected chi connectivity index (χ1v) is 8.62. The summed E-state index contributed by atoms with van der Waals surface area (Å²) in [7, 11) is 0. The Morgan fingerprint density at radius 3 is 2.04 bits per heavy atom. The maximum Gasteiger partial charge on any atom is 0.326 e. The van der Waals surface area contributed by atoms with Crippen LogP contribution in [-0.4, -0.2) is 34.6 Å². The summed E-state index contributed by atoms with van der Waals surface area (Å²) in [4.78, 5) is 36.0. The smallest absolute Gasteiger partial charge is 0.326 e. The Morgan fingerprint density at radius 1 is 1.12 bits per heavy atom. The van der Waals surface area contributed by atoms with Gasteiger partial charge in [0.15, 0.2) is 0 Å². The fraction of sp³-hybridized carbons (Fsp3) is 0.833. The molecule has 0 heterocycles. The highest BCUT2D eigenvalue weighted by Gasteiger charge is 2.31. The van der Waals surface area contributed by atoms with Crippen molar-refractivity contribution in [2.45, 2.75) is 79.4 Å². The maximum absolute atomic E-state index is 12.5. The first kappa shape index (κ1) is 22.4. The largest absolute Gasteiger partial charge is 0.480 e. The lowest BCUT2D eigenvalue weighted by Gasteiger charge is -2.25. The standard InChI is InChI=1S/C18H33NO5/c1-8-12(4)15(17(22)23)19-16(21)13(9-11(2)3)10-14(20)24-18(5,6)7/h11-13,15H,8-10H2,1-7H3,(H,19,21)(H,22,23)/t12-,13?,15-/m0/s1. The summed E-state index contributed by atoms with van der Waals surface area (Å²) in [6, 6.07) is -0.948. The van der Waals surface area contributed by atoms with Crippen molar-refractivity contribution in [3.8, 4) is 0 Å². The number of ether oxygens (including phenoxy) is 1. The van der Waals surface area contributed by atoms with Crippen LogP contribution in [0.2, 0.25) is 0 Å². The van der Waals surface area contributed by atoms with Crippen LogP contribution >= 0.6 is 0 Å². The van der Waals surface area contributed by atoms with Gasteiger partial charge in [-0.2, -0.15) is 0 Å². The van der Waals surface area contributed by atoms with Crippen molar-refractivity contribution in [1.29, 1.82) is 0 Å². The van der Waals surface area contributed by atoms with Gasteiger partial charge in [0.1, 0.15) is 11.6 Å². The molecule has 0 aliphatic heterocycles. The van der Waals surface area contributed by atoms with Gasteiger partial charge in [-0.15, -0.1) is 0 Å². The van der Waals surface area contributed by atoms with Crippen molar-refractivity contribution < 1.29 is 24.2 Å². The Kier molecular flexibility index (Phi) is 9.01. The molecule has 0 rings (SSSR count). The van der Waals surface area contributed by atoms with Gasteiger partial charge in [-0.3, -0.25) is 9.59 Å². The van der Waals surface area contributed by atoms with Crippen molar-refractivity contribution in [3.63, 3.8) is 0 Å². The normalized spacial score (nSPS) is 15.5. The molecule has 2 N–H and O–H groups in total. The van der Waals surface area contributed by atoms with Crippen LogP contribution in [0.3, 0.4) is 0 Å². The molecule has 1 unspecified atom stereocenters. The quantitative estimate of drug-likeness (QED) is 0.628. The first-order valence-electron chi connectivity index (χ1n) is 8.62. The van der Waals surface area contributed by atoms with E-state index in [9.17, 15) is 19.5 Å². The first-order chi connectivity index (χ1) is 10.9. The molecule has 0 aromatic rings. The van der Waals surface area contributed by atoms with E-state index in [1.807, 2.05) is 20.8 Å². The Labute approximate surface area is 145 Å². The monoisotopic (exact) mass is 343 g/mol. The lowest BCUT2D eigenvalue weighted by atomic mass is 9.91. The van der Waals surface area contributed by atoms with Crippen molar-refractivity contribution in [2.75, 3.05) is 0 Å². The van der Waals surface area contributed by atoms with Crippen LogP contribution in [0, 0.1) is 17.8 Å². The van der Waals surface area contributed by atoms with E-state index in [-0.39, 0.29) is 18.3 Å². The molecule has 0 aromatic heterocycles. The summed E-state index contributed by atoms with van der Waals surface area (Å²) < 4.78 is 5.29. The number of hydrogen-bond acceptors (Lipinski definition) is 4. The lowest BCUT2D eigenvalue weighted by molar-refractivity contribution is -0.157. The van der Waals surface area contributed by atoms with E-state index in [2.05, 4.69) is 5.32 Å². The minimum Gasteiger partial charge on any atom is -0.480 e. The van der Waals surface area contributed by atoms with E-state index in [4.69, 9.17) is 4.74 Å². The highest BCUT2D eigenvalue weighted by molar-refractivity contribution is 5.87. The van der Waals surface area contributed by atoms with Gasteiger partial charge >= 0.3 is 11.9 Å². The summed E-state index contributed by atoms with van der Waals surface area (Å²) in [5, 5.41) is 11.9. The third-order valence-corrected chi connectivity index (χ3v) is 3.74. The zero-order chi connectivity index (χ0) is 19.1. The van der Waals surface area contributed by atoms with Crippen LogP contribution in [0.25, 0.3) is 0 Å². The number of aliphatic carboxylic acids is 1. The average Bonchev–Trinajstić information content (AvgIpc) is 2.39. The van der Waals surface area contributed by atoms with E-state index in [1.54, 1.807) is 27.7 Å². The number of esters is 1. The number of carboxylic acids is 1. The van der Waals surface area contributed by atoms with Gasteiger partial charge in [-0.05, 0) is 39.0 Å². The summed E-state index contributed by atoms with van der Waals surface area (Å²) in [5.41, 5.74) is -0.615. The molecular weight excluding hydrogens is 310 g/mol. The summed E-state index contributed by atoms with van der Waals surface area (Å²) in [6.07, 6.45) is 1.09. The molecule has 0 saturated carbocycles. The van der Waals surface area contributed by atoms with Crippen molar-refractivity contribution in [3.05, 3.63) is 0 Å². The predicted octanol–water partition coefficient (Wildman–Crippen LogP) is 3.00. The molecule has 0 saturated heterocycles. The molecular formula is C18H33NO5. The topological polar surface area (TPSA) is 92.7 Å². The van der Waals surface area contributed by atoms with Gasteiger partial charge in [0.25, 0.3) is 0 Å². The number of rotatable bonds is 9. The zero-order valence-corrected chi connectivity index (χ0v) is 16.0. The van der Waals surface area contributed by atoms with Gasteiger partial charge in [-0.25, -0.2) is 4.79 Å². The van der Waals surface area contributed by atoms with Crippen LogP contribution in [0.15, 0.2) is 0 Å². The number of hydrogen-bond donors (Lipinski definition) is 2. The van der Waals surface area contributed by atoms with E-state index in [1.165, 1.54) is 0 Å². The molecule has 1 amide bonds. The highest BCUT2D eigenvalue weighted by Crippen LogP contribution is 2.20. The molecule has 0 aromatic carbocycles. The number of carbonyl (C=O) groups excluding carboxylic acids is 2. The molecule has 24 heavy (non-hydrogen) atoms. The second kappa shape index (κ2) is 9.64. The third kappa shape index (κ3) is 8.89. The third-order valence-electron chi connectivity index (χ3n) is 3.74. The SMILES string of the molecule is CC[C@H](C)[C@H](NC(=O)C(CC(=O)OC(C)(C)C)CC(C)C)C(=O)O. The molecule has 6 nitrogen and oxygen atoms in total. The van der Waals surface area contributed by atoms with E-state index in [0.717, 1.165) is 0 Å². The molecule has 0 bridgehead atoms. The minimum absolute atomic E-state index is 0.0475. The van der Waals surface area contributed by atoms with E-state index < -0.39 is 35.4 Å². The van der Waals surface area contributed by atoms with Crippen molar-refractivity contribution in [1.82, 2.24) is 5.32 Å². The van der Waals surface area contributed by atoms with Gasteiger partial charge in [0.2, 0.25) is 5.91 Å². The number of carbonyl (C=O) groups is 3. The Morgan fingerprint density at radius 2 is 1.67 bits per heavy atom. The molecule has 0 aliphatic carbocycles. The molecule has 0 radical (unpaired) electrons. The summed E-state index contributed by atoms with van der Waals surface area (Å²) in [6.45, 7) is 12.9. The predicted molar refractivity (Wildman–Crippen MR) is 92.4 cm³/mol. The van der Waals surface area contributed by atoms with Crippen LogP contribution in [0.5, 0.6) is 0 Å². The average molecular weight is 343 g/mol. The van der Waals surface area contributed by atoms with Crippen LogP contribution < -0.4 is 5.32 Å². The fourth-order valence-electron chi connectivity index (χ4n) is 2.39. The van der Waals surface area contributed by atoms with Gasteiger partial charge in [-0.1, -0.05) is 34.1 Å². The molecule has 0 aliphatic rings. The highest BCUT2D eigenvalue weighted by atomic mass is 16.6. The van der Waals surface area contributed by atoms with Crippen LogP contribution in [0.1, 0.15) is 67.7 Å². The summed E-state index contributed by atoms with van der Waals surface area (Å²) >= 11 is 0.